The van der Waals surface area contributed by atoms with Gasteiger partial charge in [-0.25, -0.2) is 4.79 Å². The molecule has 1 saturated heterocycles. The molecule has 1 amide bonds. The summed E-state index contributed by atoms with van der Waals surface area (Å²) in [5, 5.41) is 4.08. The lowest BCUT2D eigenvalue weighted by Crippen LogP contribution is -2.48. The second-order valence-corrected chi connectivity index (χ2v) is 7.15. The van der Waals surface area contributed by atoms with E-state index in [2.05, 4.69) is 5.32 Å². The Hall–Kier alpha value is -1.42. The van der Waals surface area contributed by atoms with Crippen LogP contribution in [0.1, 0.15) is 40.0 Å². The number of hydrogen-bond acceptors (Lipinski definition) is 3. The molecule has 1 aliphatic rings. The molecule has 0 aliphatic carbocycles. The van der Waals surface area contributed by atoms with Crippen molar-refractivity contribution in [2.24, 2.45) is 0 Å². The van der Waals surface area contributed by atoms with Gasteiger partial charge in [0.15, 0.2) is 0 Å². The van der Waals surface area contributed by atoms with Gasteiger partial charge in [0, 0.05) is 23.8 Å². The van der Waals surface area contributed by atoms with Crippen molar-refractivity contribution in [2.75, 3.05) is 18.4 Å². The van der Waals surface area contributed by atoms with Gasteiger partial charge < -0.3 is 15.0 Å². The summed E-state index contributed by atoms with van der Waals surface area (Å²) in [6.45, 7) is 7.16. The number of halogens is 1. The molecule has 4 nitrogen and oxygen atoms in total. The topological polar surface area (TPSA) is 41.6 Å². The highest BCUT2D eigenvalue weighted by Crippen LogP contribution is 2.22. The fourth-order valence-corrected chi connectivity index (χ4v) is 2.80. The Morgan fingerprint density at radius 1 is 1.41 bits per heavy atom. The Labute approximate surface area is 137 Å². The average molecular weight is 325 g/mol. The van der Waals surface area contributed by atoms with Crippen molar-refractivity contribution in [3.63, 3.8) is 0 Å². The maximum Gasteiger partial charge on any atom is 0.410 e. The monoisotopic (exact) mass is 324 g/mol. The molecule has 1 aromatic carbocycles. The van der Waals surface area contributed by atoms with Gasteiger partial charge in [0.25, 0.3) is 0 Å². The number of carbonyl (C=O) groups excluding carboxylic acids is 1. The van der Waals surface area contributed by atoms with E-state index in [0.29, 0.717) is 11.6 Å². The van der Waals surface area contributed by atoms with E-state index in [1.165, 1.54) is 0 Å². The third kappa shape index (κ3) is 5.09. The Morgan fingerprint density at radius 3 is 2.86 bits per heavy atom. The number of nitrogens with zero attached hydrogens (tertiary/aromatic N) is 1. The molecular formula is C17H25ClN2O2. The largest absolute Gasteiger partial charge is 0.444 e. The number of anilines is 1. The first-order valence-electron chi connectivity index (χ1n) is 7.84. The van der Waals surface area contributed by atoms with Gasteiger partial charge >= 0.3 is 6.09 Å². The smallest absolute Gasteiger partial charge is 0.410 e. The van der Waals surface area contributed by atoms with Gasteiger partial charge in [0.1, 0.15) is 5.60 Å². The van der Waals surface area contributed by atoms with Crippen molar-refractivity contribution < 1.29 is 9.53 Å². The highest BCUT2D eigenvalue weighted by molar-refractivity contribution is 6.30. The van der Waals surface area contributed by atoms with Crippen molar-refractivity contribution in [3.8, 4) is 0 Å². The second kappa shape index (κ2) is 7.23. The van der Waals surface area contributed by atoms with Gasteiger partial charge in [-0.2, -0.15) is 0 Å². The zero-order valence-electron chi connectivity index (χ0n) is 13.6. The first kappa shape index (κ1) is 16.9. The minimum atomic E-state index is -0.459. The summed E-state index contributed by atoms with van der Waals surface area (Å²) in [5.41, 5.74) is 0.515. The highest BCUT2D eigenvalue weighted by atomic mass is 35.5. The van der Waals surface area contributed by atoms with E-state index in [4.69, 9.17) is 16.3 Å². The normalized spacial score (nSPS) is 18.9. The van der Waals surface area contributed by atoms with Gasteiger partial charge in [0.05, 0.1) is 6.04 Å². The standard InChI is InChI=1S/C17H25ClN2O2/c1-17(2,3)22-16(21)20-10-5-4-9-15(20)12-19-14-8-6-7-13(18)11-14/h6-8,11,15,19H,4-5,9-10,12H2,1-3H3. The number of carbonyl (C=O) groups is 1. The number of amides is 1. The van der Waals surface area contributed by atoms with Gasteiger partial charge in [-0.05, 0) is 58.2 Å². The van der Waals surface area contributed by atoms with Crippen LogP contribution >= 0.6 is 11.6 Å². The Morgan fingerprint density at radius 2 is 2.18 bits per heavy atom. The summed E-state index contributed by atoms with van der Waals surface area (Å²) < 4.78 is 5.52. The summed E-state index contributed by atoms with van der Waals surface area (Å²) in [4.78, 5) is 14.2. The molecule has 0 saturated carbocycles. The fourth-order valence-electron chi connectivity index (χ4n) is 2.61. The minimum Gasteiger partial charge on any atom is -0.444 e. The molecule has 0 radical (unpaired) electrons. The van der Waals surface area contributed by atoms with E-state index >= 15 is 0 Å². The van der Waals surface area contributed by atoms with Crippen LogP contribution in [0.25, 0.3) is 0 Å². The minimum absolute atomic E-state index is 0.155. The molecule has 1 fully saturated rings. The molecule has 0 aromatic heterocycles. The van der Waals surface area contributed by atoms with Crippen LogP contribution in [0.15, 0.2) is 24.3 Å². The number of rotatable bonds is 3. The first-order valence-corrected chi connectivity index (χ1v) is 8.22. The van der Waals surface area contributed by atoms with Crippen molar-refractivity contribution in [1.82, 2.24) is 4.90 Å². The van der Waals surface area contributed by atoms with E-state index in [9.17, 15) is 4.79 Å². The molecule has 1 atom stereocenters. The van der Waals surface area contributed by atoms with Gasteiger partial charge in [-0.3, -0.25) is 0 Å². The Balaban J connectivity index is 1.96. The molecule has 1 heterocycles. The van der Waals surface area contributed by atoms with Crippen molar-refractivity contribution in [3.05, 3.63) is 29.3 Å². The first-order chi connectivity index (χ1) is 10.3. The van der Waals surface area contributed by atoms with Gasteiger partial charge in [-0.15, -0.1) is 0 Å². The van der Waals surface area contributed by atoms with E-state index in [0.717, 1.165) is 31.5 Å². The number of piperidine rings is 1. The molecule has 1 N–H and O–H groups in total. The van der Waals surface area contributed by atoms with Crippen LogP contribution in [-0.2, 0) is 4.74 Å². The quantitative estimate of drug-likeness (QED) is 0.887. The van der Waals surface area contributed by atoms with Crippen LogP contribution in [0, 0.1) is 0 Å². The lowest BCUT2D eigenvalue weighted by Gasteiger charge is -2.37. The average Bonchev–Trinajstić information content (AvgIpc) is 2.44. The molecule has 1 unspecified atom stereocenters. The van der Waals surface area contributed by atoms with E-state index in [-0.39, 0.29) is 12.1 Å². The maximum atomic E-state index is 12.3. The van der Waals surface area contributed by atoms with Gasteiger partial charge in [0.2, 0.25) is 0 Å². The Kier molecular flexibility index (Phi) is 5.57. The Bertz CT molecular complexity index is 514. The SMILES string of the molecule is CC(C)(C)OC(=O)N1CCCCC1CNc1cccc(Cl)c1. The van der Waals surface area contributed by atoms with Gasteiger partial charge in [-0.1, -0.05) is 17.7 Å². The molecule has 1 aliphatic heterocycles. The second-order valence-electron chi connectivity index (χ2n) is 6.71. The molecule has 0 bridgehead atoms. The molecule has 122 valence electrons. The summed E-state index contributed by atoms with van der Waals surface area (Å²) in [7, 11) is 0. The van der Waals surface area contributed by atoms with Crippen molar-refractivity contribution in [2.45, 2.75) is 51.7 Å². The van der Waals surface area contributed by atoms with Crippen molar-refractivity contribution in [1.29, 1.82) is 0 Å². The number of hydrogen-bond donors (Lipinski definition) is 1. The van der Waals surface area contributed by atoms with Crippen LogP contribution in [0.5, 0.6) is 0 Å². The molecule has 1 aromatic rings. The van der Waals surface area contributed by atoms with E-state index < -0.39 is 5.60 Å². The molecule has 22 heavy (non-hydrogen) atoms. The lowest BCUT2D eigenvalue weighted by atomic mass is 10.0. The lowest BCUT2D eigenvalue weighted by molar-refractivity contribution is 0.0114. The molecule has 0 spiro atoms. The zero-order valence-corrected chi connectivity index (χ0v) is 14.3. The van der Waals surface area contributed by atoms with Crippen LogP contribution in [0.2, 0.25) is 5.02 Å². The molecular weight excluding hydrogens is 300 g/mol. The van der Waals surface area contributed by atoms with E-state index in [1.54, 1.807) is 0 Å². The van der Waals surface area contributed by atoms with E-state index in [1.807, 2.05) is 49.9 Å². The predicted molar refractivity (Wildman–Crippen MR) is 90.5 cm³/mol. The fraction of sp³-hybridized carbons (Fsp3) is 0.588. The number of nitrogens with one attached hydrogen (secondary N) is 1. The van der Waals surface area contributed by atoms with Crippen LogP contribution in [-0.4, -0.2) is 35.7 Å². The summed E-state index contributed by atoms with van der Waals surface area (Å²) in [6.07, 6.45) is 2.95. The van der Waals surface area contributed by atoms with Crippen molar-refractivity contribution >= 4 is 23.4 Å². The summed E-state index contributed by atoms with van der Waals surface area (Å²) >= 11 is 5.99. The molecule has 2 rings (SSSR count). The van der Waals surface area contributed by atoms with Crippen LogP contribution < -0.4 is 5.32 Å². The maximum absolute atomic E-state index is 12.3. The zero-order chi connectivity index (χ0) is 16.2. The number of likely N-dealkylation sites (tertiary alicyclic amines) is 1. The predicted octanol–water partition coefficient (Wildman–Crippen LogP) is 4.54. The number of ether oxygens (including phenoxy) is 1. The third-order valence-corrected chi connectivity index (χ3v) is 3.86. The molecule has 5 heteroatoms. The summed E-state index contributed by atoms with van der Waals surface area (Å²) in [5.74, 6) is 0. The third-order valence-electron chi connectivity index (χ3n) is 3.62. The summed E-state index contributed by atoms with van der Waals surface area (Å²) in [6, 6.07) is 7.79. The number of benzene rings is 1. The van der Waals surface area contributed by atoms with Crippen LogP contribution in [0.4, 0.5) is 10.5 Å². The van der Waals surface area contributed by atoms with Crippen LogP contribution in [0.3, 0.4) is 0 Å². The highest BCUT2D eigenvalue weighted by Gasteiger charge is 2.30.